The highest BCUT2D eigenvalue weighted by atomic mass is 35.5. The van der Waals surface area contributed by atoms with Crippen LogP contribution in [0.25, 0.3) is 0 Å². The van der Waals surface area contributed by atoms with E-state index in [9.17, 15) is 4.79 Å². The minimum Gasteiger partial charge on any atom is -0.387 e. The molecule has 1 amide bonds. The van der Waals surface area contributed by atoms with Crippen molar-refractivity contribution in [2.24, 2.45) is 5.16 Å². The normalized spacial score (nSPS) is 17.9. The molecule has 1 aliphatic rings. The van der Waals surface area contributed by atoms with Crippen molar-refractivity contribution in [1.82, 2.24) is 10.2 Å². The lowest BCUT2D eigenvalue weighted by molar-refractivity contribution is -0.00178. The van der Waals surface area contributed by atoms with Crippen molar-refractivity contribution in [2.45, 2.75) is 18.9 Å². The van der Waals surface area contributed by atoms with Crippen LogP contribution in [0.15, 0.2) is 41.6 Å². The predicted molar refractivity (Wildman–Crippen MR) is 120 cm³/mol. The van der Waals surface area contributed by atoms with E-state index in [4.69, 9.17) is 26.6 Å². The average Bonchev–Trinajstić information content (AvgIpc) is 3.36. The van der Waals surface area contributed by atoms with Crippen molar-refractivity contribution >= 4 is 40.4 Å². The number of hydrogen-bond donors (Lipinski definition) is 2. The van der Waals surface area contributed by atoms with Crippen molar-refractivity contribution in [1.29, 1.82) is 5.41 Å². The number of carbonyl (C=O) groups excluding carboxylic acids is 1. The van der Waals surface area contributed by atoms with Gasteiger partial charge in [0, 0.05) is 32.7 Å². The molecular formula is C21H25ClN4O3S. The van der Waals surface area contributed by atoms with Gasteiger partial charge in [0.05, 0.1) is 28.1 Å². The number of nitrogens with one attached hydrogen (secondary N) is 2. The molecule has 0 aliphatic carbocycles. The largest absolute Gasteiger partial charge is 0.387 e. The maximum atomic E-state index is 12.2. The minimum absolute atomic E-state index is 0.175. The number of carbonyl (C=O) groups is 1. The molecule has 1 unspecified atom stereocenters. The van der Waals surface area contributed by atoms with Crippen molar-refractivity contribution < 1.29 is 14.4 Å². The molecule has 0 spiro atoms. The number of nitrogens with zero attached hydrogens (tertiary/aromatic N) is 2. The Morgan fingerprint density at radius 3 is 2.73 bits per heavy atom. The molecule has 9 heteroatoms. The standard InChI is InChI=1S/C21H25ClN4O3S/c1-21(13-24-20(27)17-8-9-18(22)30-17)12-16(25-29-21)14-4-6-15(7-5-14)19(23)26(2)10-11-28-3/h4-9,23H,10-13H2,1-3H3,(H,24,27). The molecule has 7 nitrogen and oxygen atoms in total. The lowest BCUT2D eigenvalue weighted by Crippen LogP contribution is -2.40. The first kappa shape index (κ1) is 22.3. The zero-order valence-corrected chi connectivity index (χ0v) is 18.8. The zero-order chi connectivity index (χ0) is 21.7. The third-order valence-corrected chi connectivity index (χ3v) is 6.07. The van der Waals surface area contributed by atoms with Gasteiger partial charge in [0.25, 0.3) is 5.91 Å². The third-order valence-electron chi connectivity index (χ3n) is 4.84. The smallest absolute Gasteiger partial charge is 0.261 e. The molecule has 2 N–H and O–H groups in total. The van der Waals surface area contributed by atoms with Crippen LogP contribution in [-0.2, 0) is 9.57 Å². The number of hydrogen-bond acceptors (Lipinski definition) is 6. The van der Waals surface area contributed by atoms with Gasteiger partial charge < -0.3 is 19.8 Å². The molecule has 0 saturated heterocycles. The minimum atomic E-state index is -0.613. The molecular weight excluding hydrogens is 424 g/mol. The predicted octanol–water partition coefficient (Wildman–Crippen LogP) is 3.62. The molecule has 0 bridgehead atoms. The topological polar surface area (TPSA) is 87.0 Å². The van der Waals surface area contributed by atoms with Gasteiger partial charge in [0.1, 0.15) is 5.84 Å². The van der Waals surface area contributed by atoms with E-state index in [1.807, 2.05) is 43.1 Å². The Morgan fingerprint density at radius 2 is 2.10 bits per heavy atom. The molecule has 160 valence electrons. The molecule has 0 fully saturated rings. The lowest BCUT2D eigenvalue weighted by atomic mass is 9.95. The van der Waals surface area contributed by atoms with Crippen LogP contribution >= 0.6 is 22.9 Å². The second-order valence-electron chi connectivity index (χ2n) is 7.38. The average molecular weight is 449 g/mol. The van der Waals surface area contributed by atoms with Gasteiger partial charge in [-0.25, -0.2) is 0 Å². The van der Waals surface area contributed by atoms with Gasteiger partial charge in [0.2, 0.25) is 0 Å². The lowest BCUT2D eigenvalue weighted by Gasteiger charge is -2.21. The van der Waals surface area contributed by atoms with E-state index >= 15 is 0 Å². The van der Waals surface area contributed by atoms with Crippen LogP contribution in [0.2, 0.25) is 4.34 Å². The molecule has 3 rings (SSSR count). The van der Waals surface area contributed by atoms with Crippen LogP contribution < -0.4 is 5.32 Å². The second-order valence-corrected chi connectivity index (χ2v) is 9.10. The molecule has 30 heavy (non-hydrogen) atoms. The Balaban J connectivity index is 1.56. The van der Waals surface area contributed by atoms with Crippen LogP contribution in [0.4, 0.5) is 0 Å². The van der Waals surface area contributed by atoms with Gasteiger partial charge in [-0.1, -0.05) is 41.0 Å². The quantitative estimate of drug-likeness (QED) is 0.477. The molecule has 1 aromatic carbocycles. The number of benzene rings is 1. The molecule has 2 heterocycles. The first-order chi connectivity index (χ1) is 14.3. The van der Waals surface area contributed by atoms with Gasteiger partial charge in [-0.2, -0.15) is 0 Å². The van der Waals surface area contributed by atoms with Crippen molar-refractivity contribution in [3.63, 3.8) is 0 Å². The first-order valence-electron chi connectivity index (χ1n) is 9.49. The maximum Gasteiger partial charge on any atom is 0.261 e. The van der Waals surface area contributed by atoms with Crippen molar-refractivity contribution in [2.75, 3.05) is 33.9 Å². The Labute approximate surface area is 185 Å². The highest BCUT2D eigenvalue weighted by molar-refractivity contribution is 7.18. The summed E-state index contributed by atoms with van der Waals surface area (Å²) in [4.78, 5) is 20.3. The fourth-order valence-electron chi connectivity index (χ4n) is 3.01. The van der Waals surface area contributed by atoms with E-state index in [2.05, 4.69) is 10.5 Å². The molecule has 0 saturated carbocycles. The second kappa shape index (κ2) is 9.59. The van der Waals surface area contributed by atoms with Gasteiger partial charge in [-0.15, -0.1) is 11.3 Å². The molecule has 1 aliphatic heterocycles. The monoisotopic (exact) mass is 448 g/mol. The number of halogens is 1. The fraction of sp³-hybridized carbons (Fsp3) is 0.381. The highest BCUT2D eigenvalue weighted by Gasteiger charge is 2.35. The zero-order valence-electron chi connectivity index (χ0n) is 17.2. The molecule has 1 aromatic heterocycles. The van der Waals surface area contributed by atoms with E-state index in [0.29, 0.717) is 41.2 Å². The number of oxime groups is 1. The van der Waals surface area contributed by atoms with Crippen LogP contribution in [0.3, 0.4) is 0 Å². The van der Waals surface area contributed by atoms with Gasteiger partial charge in [-0.05, 0) is 24.6 Å². The van der Waals surface area contributed by atoms with Crippen LogP contribution in [0.5, 0.6) is 0 Å². The van der Waals surface area contributed by atoms with Gasteiger partial charge in [0.15, 0.2) is 5.60 Å². The number of likely N-dealkylation sites (N-methyl/N-ethyl adjacent to an activating group) is 1. The summed E-state index contributed by atoms with van der Waals surface area (Å²) in [6, 6.07) is 11.1. The van der Waals surface area contributed by atoms with Gasteiger partial charge >= 0.3 is 0 Å². The molecule has 0 radical (unpaired) electrons. The summed E-state index contributed by atoms with van der Waals surface area (Å²) >= 11 is 7.13. The van der Waals surface area contributed by atoms with Crippen molar-refractivity contribution in [3.8, 4) is 0 Å². The van der Waals surface area contributed by atoms with E-state index in [0.717, 1.165) is 16.8 Å². The van der Waals surface area contributed by atoms with E-state index in [-0.39, 0.29) is 5.91 Å². The fourth-order valence-corrected chi connectivity index (χ4v) is 3.96. The Morgan fingerprint density at radius 1 is 1.37 bits per heavy atom. The van der Waals surface area contributed by atoms with Crippen LogP contribution in [-0.4, -0.2) is 61.8 Å². The number of amidine groups is 1. The maximum absolute atomic E-state index is 12.2. The Hall–Kier alpha value is -2.42. The summed E-state index contributed by atoms with van der Waals surface area (Å²) in [6.45, 7) is 3.47. The Kier molecular flexibility index (Phi) is 7.12. The summed E-state index contributed by atoms with van der Waals surface area (Å²) in [5, 5.41) is 15.4. The first-order valence-corrected chi connectivity index (χ1v) is 10.7. The number of amides is 1. The molecule has 1 atom stereocenters. The summed E-state index contributed by atoms with van der Waals surface area (Å²) in [5.74, 6) is 0.259. The summed E-state index contributed by atoms with van der Waals surface area (Å²) in [6.07, 6.45) is 0.572. The van der Waals surface area contributed by atoms with Gasteiger partial charge in [-0.3, -0.25) is 10.2 Å². The number of ether oxygens (including phenoxy) is 1. The summed E-state index contributed by atoms with van der Waals surface area (Å²) in [7, 11) is 3.52. The van der Waals surface area contributed by atoms with E-state index in [1.54, 1.807) is 19.2 Å². The highest BCUT2D eigenvalue weighted by Crippen LogP contribution is 2.27. The number of methoxy groups -OCH3 is 1. The summed E-state index contributed by atoms with van der Waals surface area (Å²) in [5.41, 5.74) is 1.96. The molecule has 2 aromatic rings. The van der Waals surface area contributed by atoms with Crippen LogP contribution in [0, 0.1) is 5.41 Å². The van der Waals surface area contributed by atoms with E-state index in [1.165, 1.54) is 11.3 Å². The van der Waals surface area contributed by atoms with Crippen molar-refractivity contribution in [3.05, 3.63) is 56.7 Å². The number of rotatable bonds is 8. The summed E-state index contributed by atoms with van der Waals surface area (Å²) < 4.78 is 5.65. The third kappa shape index (κ3) is 5.38. The van der Waals surface area contributed by atoms with E-state index < -0.39 is 5.60 Å². The number of thiophene rings is 1. The van der Waals surface area contributed by atoms with Crippen LogP contribution in [0.1, 0.15) is 34.1 Å². The SMILES string of the molecule is COCCN(C)C(=N)c1ccc(C2=NOC(C)(CNC(=O)c3ccc(Cl)s3)C2)cc1. The Bertz CT molecular complexity index is 944.